The van der Waals surface area contributed by atoms with Crippen LogP contribution in [0.5, 0.6) is 11.5 Å². The standard InChI is InChI=1S/C11H12O3/c1-6-7-3-4-8(12)11(7)9(13)5-10(6)14-2/h5,13H,3-4H2,1-2H3. The Morgan fingerprint density at radius 1 is 1.43 bits per heavy atom. The highest BCUT2D eigenvalue weighted by Crippen LogP contribution is 2.37. The number of ether oxygens (including phenoxy) is 1. The van der Waals surface area contributed by atoms with Crippen molar-refractivity contribution in [3.63, 3.8) is 0 Å². The minimum absolute atomic E-state index is 0.0308. The smallest absolute Gasteiger partial charge is 0.167 e. The highest BCUT2D eigenvalue weighted by molar-refractivity contribution is 6.03. The number of phenols is 1. The fourth-order valence-electron chi connectivity index (χ4n) is 1.99. The van der Waals surface area contributed by atoms with Crippen molar-refractivity contribution >= 4 is 5.78 Å². The molecular formula is C11H12O3. The number of Topliss-reactive ketones (excluding diaryl/α,β-unsaturated/α-hetero) is 1. The fourth-order valence-corrected chi connectivity index (χ4v) is 1.99. The predicted molar refractivity (Wildman–Crippen MR) is 52.0 cm³/mol. The van der Waals surface area contributed by atoms with Crippen LogP contribution in [0.3, 0.4) is 0 Å². The molecule has 0 atom stereocenters. The maximum atomic E-state index is 11.4. The van der Waals surface area contributed by atoms with E-state index < -0.39 is 0 Å². The normalized spacial score (nSPS) is 14.3. The van der Waals surface area contributed by atoms with Gasteiger partial charge in [0.25, 0.3) is 0 Å². The zero-order chi connectivity index (χ0) is 10.3. The summed E-state index contributed by atoms with van der Waals surface area (Å²) < 4.78 is 5.12. The Kier molecular flexibility index (Phi) is 1.95. The highest BCUT2D eigenvalue weighted by atomic mass is 16.5. The summed E-state index contributed by atoms with van der Waals surface area (Å²) in [7, 11) is 1.56. The maximum Gasteiger partial charge on any atom is 0.167 e. The lowest BCUT2D eigenvalue weighted by Gasteiger charge is -2.10. The van der Waals surface area contributed by atoms with Crippen LogP contribution in [-0.2, 0) is 6.42 Å². The first-order valence-corrected chi connectivity index (χ1v) is 4.57. The minimum atomic E-state index is 0.0308. The molecular weight excluding hydrogens is 180 g/mol. The van der Waals surface area contributed by atoms with Gasteiger partial charge >= 0.3 is 0 Å². The first-order chi connectivity index (χ1) is 6.65. The molecule has 0 aromatic heterocycles. The molecule has 0 amide bonds. The zero-order valence-corrected chi connectivity index (χ0v) is 8.26. The van der Waals surface area contributed by atoms with Gasteiger partial charge in [-0.15, -0.1) is 0 Å². The van der Waals surface area contributed by atoms with Crippen LogP contribution in [0.1, 0.15) is 27.9 Å². The van der Waals surface area contributed by atoms with Gasteiger partial charge in [-0.2, -0.15) is 0 Å². The summed E-state index contributed by atoms with van der Waals surface area (Å²) in [6.07, 6.45) is 1.21. The van der Waals surface area contributed by atoms with E-state index in [4.69, 9.17) is 4.74 Å². The average molecular weight is 192 g/mol. The SMILES string of the molecule is COc1cc(O)c2c(c1C)CCC2=O. The quantitative estimate of drug-likeness (QED) is 0.738. The van der Waals surface area contributed by atoms with Crippen LogP contribution < -0.4 is 4.74 Å². The lowest BCUT2D eigenvalue weighted by Crippen LogP contribution is -1.96. The molecule has 2 rings (SSSR count). The molecule has 74 valence electrons. The number of hydrogen-bond donors (Lipinski definition) is 1. The van der Waals surface area contributed by atoms with Gasteiger partial charge in [-0.05, 0) is 24.5 Å². The van der Waals surface area contributed by atoms with E-state index in [2.05, 4.69) is 0 Å². The zero-order valence-electron chi connectivity index (χ0n) is 8.26. The predicted octanol–water partition coefficient (Wildman–Crippen LogP) is 1.84. The van der Waals surface area contributed by atoms with Crippen LogP contribution in [0.2, 0.25) is 0 Å². The van der Waals surface area contributed by atoms with Gasteiger partial charge in [0.2, 0.25) is 0 Å². The molecule has 14 heavy (non-hydrogen) atoms. The van der Waals surface area contributed by atoms with Crippen LogP contribution in [0.15, 0.2) is 6.07 Å². The van der Waals surface area contributed by atoms with Crippen molar-refractivity contribution in [3.05, 3.63) is 22.8 Å². The third kappa shape index (κ3) is 1.09. The minimum Gasteiger partial charge on any atom is -0.507 e. The van der Waals surface area contributed by atoms with Crippen molar-refractivity contribution in [2.45, 2.75) is 19.8 Å². The number of carbonyl (C=O) groups is 1. The molecule has 0 saturated carbocycles. The van der Waals surface area contributed by atoms with E-state index in [9.17, 15) is 9.90 Å². The molecule has 1 N–H and O–H groups in total. The van der Waals surface area contributed by atoms with Crippen molar-refractivity contribution in [3.8, 4) is 11.5 Å². The van der Waals surface area contributed by atoms with Gasteiger partial charge in [0.15, 0.2) is 5.78 Å². The van der Waals surface area contributed by atoms with E-state index >= 15 is 0 Å². The molecule has 0 radical (unpaired) electrons. The van der Waals surface area contributed by atoms with Crippen molar-refractivity contribution in [1.29, 1.82) is 0 Å². The molecule has 0 bridgehead atoms. The Morgan fingerprint density at radius 3 is 2.79 bits per heavy atom. The van der Waals surface area contributed by atoms with Crippen LogP contribution in [0.4, 0.5) is 0 Å². The molecule has 3 nitrogen and oxygen atoms in total. The lowest BCUT2D eigenvalue weighted by atomic mass is 10.0. The summed E-state index contributed by atoms with van der Waals surface area (Å²) in [5, 5.41) is 9.64. The number of fused-ring (bicyclic) bond motifs is 1. The molecule has 0 unspecified atom stereocenters. The summed E-state index contributed by atoms with van der Waals surface area (Å²) in [5.41, 5.74) is 2.39. The summed E-state index contributed by atoms with van der Waals surface area (Å²) in [6, 6.07) is 1.51. The van der Waals surface area contributed by atoms with Crippen LogP contribution in [-0.4, -0.2) is 18.0 Å². The molecule has 0 saturated heterocycles. The number of ketones is 1. The molecule has 3 heteroatoms. The molecule has 0 spiro atoms. The van der Waals surface area contributed by atoms with Gasteiger partial charge in [-0.1, -0.05) is 0 Å². The van der Waals surface area contributed by atoms with E-state index in [1.54, 1.807) is 7.11 Å². The molecule has 1 aromatic rings. The first kappa shape index (κ1) is 9.06. The second-order valence-electron chi connectivity index (χ2n) is 3.50. The van der Waals surface area contributed by atoms with Gasteiger partial charge < -0.3 is 9.84 Å². The maximum absolute atomic E-state index is 11.4. The summed E-state index contributed by atoms with van der Waals surface area (Å²) in [6.45, 7) is 1.91. The fraction of sp³-hybridized carbons (Fsp3) is 0.364. The number of carbonyl (C=O) groups excluding carboxylic acids is 1. The molecule has 0 aliphatic heterocycles. The number of benzene rings is 1. The third-order valence-corrected chi connectivity index (χ3v) is 2.75. The topological polar surface area (TPSA) is 46.5 Å². The summed E-state index contributed by atoms with van der Waals surface area (Å²) >= 11 is 0. The van der Waals surface area contributed by atoms with Gasteiger partial charge in [0, 0.05) is 12.5 Å². The van der Waals surface area contributed by atoms with Gasteiger partial charge in [0.1, 0.15) is 11.5 Å². The number of phenolic OH excluding ortho intramolecular Hbond substituents is 1. The number of methoxy groups -OCH3 is 1. The van der Waals surface area contributed by atoms with Crippen LogP contribution >= 0.6 is 0 Å². The van der Waals surface area contributed by atoms with E-state index in [0.29, 0.717) is 24.2 Å². The van der Waals surface area contributed by atoms with Crippen molar-refractivity contribution in [2.24, 2.45) is 0 Å². The van der Waals surface area contributed by atoms with E-state index in [1.807, 2.05) is 6.92 Å². The Hall–Kier alpha value is -1.51. The monoisotopic (exact) mass is 192 g/mol. The van der Waals surface area contributed by atoms with Crippen molar-refractivity contribution < 1.29 is 14.6 Å². The van der Waals surface area contributed by atoms with Crippen LogP contribution in [0, 0.1) is 6.92 Å². The van der Waals surface area contributed by atoms with Gasteiger partial charge in [-0.3, -0.25) is 4.79 Å². The largest absolute Gasteiger partial charge is 0.507 e. The number of hydrogen-bond acceptors (Lipinski definition) is 3. The average Bonchev–Trinajstić information content (AvgIpc) is 2.54. The van der Waals surface area contributed by atoms with E-state index in [1.165, 1.54) is 6.07 Å². The van der Waals surface area contributed by atoms with Gasteiger partial charge in [0.05, 0.1) is 12.7 Å². The van der Waals surface area contributed by atoms with Crippen molar-refractivity contribution in [2.75, 3.05) is 7.11 Å². The summed E-state index contributed by atoms with van der Waals surface area (Å²) in [4.78, 5) is 11.4. The van der Waals surface area contributed by atoms with E-state index in [-0.39, 0.29) is 11.5 Å². The van der Waals surface area contributed by atoms with Crippen molar-refractivity contribution in [1.82, 2.24) is 0 Å². The Bertz CT molecular complexity index is 407. The number of aromatic hydroxyl groups is 1. The first-order valence-electron chi connectivity index (χ1n) is 4.57. The third-order valence-electron chi connectivity index (χ3n) is 2.75. The molecule has 0 heterocycles. The number of rotatable bonds is 1. The Morgan fingerprint density at radius 2 is 2.14 bits per heavy atom. The lowest BCUT2D eigenvalue weighted by molar-refractivity contribution is 0.0992. The summed E-state index contributed by atoms with van der Waals surface area (Å²) in [5.74, 6) is 0.726. The highest BCUT2D eigenvalue weighted by Gasteiger charge is 2.26. The van der Waals surface area contributed by atoms with E-state index in [0.717, 1.165) is 11.1 Å². The Labute approximate surface area is 82.3 Å². The molecule has 1 aliphatic rings. The van der Waals surface area contributed by atoms with Crippen LogP contribution in [0.25, 0.3) is 0 Å². The molecule has 1 aromatic carbocycles. The van der Waals surface area contributed by atoms with Gasteiger partial charge in [-0.25, -0.2) is 0 Å². The second kappa shape index (κ2) is 3.01. The molecule has 0 fully saturated rings. The molecule has 1 aliphatic carbocycles. The second-order valence-corrected chi connectivity index (χ2v) is 3.50. The Balaban J connectivity index is 2.70.